The summed E-state index contributed by atoms with van der Waals surface area (Å²) in [4.78, 5) is 26.3. The second-order valence-electron chi connectivity index (χ2n) is 6.69. The van der Waals surface area contributed by atoms with Crippen molar-refractivity contribution in [3.63, 3.8) is 0 Å². The Hall–Kier alpha value is -2.26. The quantitative estimate of drug-likeness (QED) is 0.530. The Morgan fingerprint density at radius 2 is 2.26 bits per heavy atom. The Morgan fingerprint density at radius 3 is 3.04 bits per heavy atom. The van der Waals surface area contributed by atoms with Gasteiger partial charge in [-0.15, -0.1) is 5.10 Å². The standard InChI is InChI=1S/C18H21N5O3S/c24-16(13-4-1-5-14(10-13)22-8-2-7-17(22)25)12-27-18-19-20-21-23(18)11-15-6-3-9-26-15/h1,4-5,10,15H,2-3,6-9,11-12H2. The summed E-state index contributed by atoms with van der Waals surface area (Å²) >= 11 is 1.32. The van der Waals surface area contributed by atoms with E-state index in [2.05, 4.69) is 15.5 Å². The molecule has 2 saturated heterocycles. The molecule has 8 nitrogen and oxygen atoms in total. The third kappa shape index (κ3) is 4.19. The highest BCUT2D eigenvalue weighted by molar-refractivity contribution is 7.99. The lowest BCUT2D eigenvalue weighted by Crippen LogP contribution is -2.23. The van der Waals surface area contributed by atoms with Crippen LogP contribution in [0.2, 0.25) is 0 Å². The fourth-order valence-corrected chi connectivity index (χ4v) is 4.16. The van der Waals surface area contributed by atoms with Gasteiger partial charge in [-0.05, 0) is 41.8 Å². The predicted octanol–water partition coefficient (Wildman–Crippen LogP) is 1.95. The number of benzene rings is 1. The fraction of sp³-hybridized carbons (Fsp3) is 0.500. The number of rotatable bonds is 7. The lowest BCUT2D eigenvalue weighted by molar-refractivity contribution is -0.117. The normalized spacial score (nSPS) is 19.8. The van der Waals surface area contributed by atoms with Gasteiger partial charge < -0.3 is 9.64 Å². The zero-order chi connectivity index (χ0) is 18.6. The Labute approximate surface area is 161 Å². The maximum atomic E-state index is 12.6. The van der Waals surface area contributed by atoms with Crippen LogP contribution in [0.4, 0.5) is 5.69 Å². The van der Waals surface area contributed by atoms with Crippen molar-refractivity contribution >= 4 is 29.1 Å². The predicted molar refractivity (Wildman–Crippen MR) is 99.9 cm³/mol. The average Bonchev–Trinajstić information content (AvgIpc) is 3.43. The maximum Gasteiger partial charge on any atom is 0.227 e. The Morgan fingerprint density at radius 1 is 1.33 bits per heavy atom. The number of aromatic nitrogens is 4. The molecule has 2 aliphatic rings. The maximum absolute atomic E-state index is 12.6. The Balaban J connectivity index is 1.38. The number of hydrogen-bond donors (Lipinski definition) is 0. The largest absolute Gasteiger partial charge is 0.376 e. The van der Waals surface area contributed by atoms with Crippen LogP contribution < -0.4 is 4.90 Å². The van der Waals surface area contributed by atoms with Gasteiger partial charge in [0.15, 0.2) is 5.78 Å². The molecule has 1 aromatic heterocycles. The number of carbonyl (C=O) groups is 2. The number of nitrogens with zero attached hydrogens (tertiary/aromatic N) is 5. The van der Waals surface area contributed by atoms with Crippen molar-refractivity contribution < 1.29 is 14.3 Å². The first-order chi connectivity index (χ1) is 13.2. The number of carbonyl (C=O) groups excluding carboxylic acids is 2. The molecule has 27 heavy (non-hydrogen) atoms. The summed E-state index contributed by atoms with van der Waals surface area (Å²) in [5.74, 6) is 0.339. The van der Waals surface area contributed by atoms with Gasteiger partial charge in [0.1, 0.15) is 0 Å². The van der Waals surface area contributed by atoms with Crippen LogP contribution in [0.25, 0.3) is 0 Å². The molecule has 1 atom stereocenters. The van der Waals surface area contributed by atoms with Crippen molar-refractivity contribution in [1.29, 1.82) is 0 Å². The Kier molecular flexibility index (Phi) is 5.49. The molecule has 0 N–H and O–H groups in total. The van der Waals surface area contributed by atoms with E-state index >= 15 is 0 Å². The minimum atomic E-state index is -0.0137. The van der Waals surface area contributed by atoms with Crippen LogP contribution in [0.1, 0.15) is 36.0 Å². The number of ketones is 1. The average molecular weight is 387 g/mol. The van der Waals surface area contributed by atoms with E-state index in [9.17, 15) is 9.59 Å². The molecule has 9 heteroatoms. The summed E-state index contributed by atoms with van der Waals surface area (Å²) in [5, 5.41) is 12.4. The van der Waals surface area contributed by atoms with Gasteiger partial charge in [-0.25, -0.2) is 4.68 Å². The Bertz CT molecular complexity index is 834. The molecule has 1 aromatic carbocycles. The summed E-state index contributed by atoms with van der Waals surface area (Å²) in [6.07, 6.45) is 3.63. The monoisotopic (exact) mass is 387 g/mol. The summed E-state index contributed by atoms with van der Waals surface area (Å²) in [7, 11) is 0. The van der Waals surface area contributed by atoms with Crippen LogP contribution in [0, 0.1) is 0 Å². The number of ether oxygens (including phenoxy) is 1. The van der Waals surface area contributed by atoms with Gasteiger partial charge in [0.25, 0.3) is 0 Å². The molecule has 2 fully saturated rings. The van der Waals surface area contributed by atoms with Gasteiger partial charge >= 0.3 is 0 Å². The second kappa shape index (κ2) is 8.18. The number of anilines is 1. The first-order valence-electron chi connectivity index (χ1n) is 9.15. The van der Waals surface area contributed by atoms with Crippen LogP contribution in [0.3, 0.4) is 0 Å². The fourth-order valence-electron chi connectivity index (χ4n) is 3.38. The topological polar surface area (TPSA) is 90.2 Å². The van der Waals surface area contributed by atoms with Crippen molar-refractivity contribution in [3.8, 4) is 0 Å². The van der Waals surface area contributed by atoms with Gasteiger partial charge in [0.2, 0.25) is 11.1 Å². The van der Waals surface area contributed by atoms with E-state index < -0.39 is 0 Å². The molecular weight excluding hydrogens is 366 g/mol. The summed E-state index contributed by atoms with van der Waals surface area (Å²) < 4.78 is 7.32. The molecule has 2 aromatic rings. The highest BCUT2D eigenvalue weighted by Crippen LogP contribution is 2.24. The second-order valence-corrected chi connectivity index (χ2v) is 7.63. The summed E-state index contributed by atoms with van der Waals surface area (Å²) in [6.45, 7) is 2.10. The molecule has 0 bridgehead atoms. The molecule has 0 radical (unpaired) electrons. The highest BCUT2D eigenvalue weighted by Gasteiger charge is 2.23. The van der Waals surface area contributed by atoms with E-state index in [0.29, 0.717) is 30.2 Å². The zero-order valence-electron chi connectivity index (χ0n) is 14.9. The third-order valence-electron chi connectivity index (χ3n) is 4.79. The van der Waals surface area contributed by atoms with E-state index in [1.807, 2.05) is 12.1 Å². The SMILES string of the molecule is O=C(CSc1nnnn1CC1CCCO1)c1cccc(N2CCCC2=O)c1. The van der Waals surface area contributed by atoms with Gasteiger partial charge in [-0.3, -0.25) is 9.59 Å². The molecule has 1 amide bonds. The van der Waals surface area contributed by atoms with Gasteiger partial charge in [0.05, 0.1) is 18.4 Å². The van der Waals surface area contributed by atoms with Crippen molar-refractivity contribution in [1.82, 2.24) is 20.2 Å². The molecule has 142 valence electrons. The molecule has 2 aliphatic heterocycles. The first kappa shape index (κ1) is 18.1. The van der Waals surface area contributed by atoms with Crippen molar-refractivity contribution in [2.24, 2.45) is 0 Å². The van der Waals surface area contributed by atoms with E-state index in [0.717, 1.165) is 31.6 Å². The first-order valence-corrected chi connectivity index (χ1v) is 10.1. The van der Waals surface area contributed by atoms with Gasteiger partial charge in [0, 0.05) is 30.8 Å². The number of Topliss-reactive ketones (excluding diaryl/α,β-unsaturated/α-hetero) is 1. The van der Waals surface area contributed by atoms with Crippen LogP contribution in [0.5, 0.6) is 0 Å². The molecule has 0 saturated carbocycles. The number of thioether (sulfide) groups is 1. The molecule has 3 heterocycles. The molecular formula is C18H21N5O3S. The molecule has 0 aliphatic carbocycles. The zero-order valence-corrected chi connectivity index (χ0v) is 15.7. The van der Waals surface area contributed by atoms with Gasteiger partial charge in [-0.1, -0.05) is 23.9 Å². The van der Waals surface area contributed by atoms with Crippen molar-refractivity contribution in [2.75, 3.05) is 23.8 Å². The number of hydrogen-bond acceptors (Lipinski definition) is 7. The van der Waals surface area contributed by atoms with E-state index in [4.69, 9.17) is 4.74 Å². The van der Waals surface area contributed by atoms with Crippen LogP contribution in [-0.4, -0.2) is 56.9 Å². The number of amides is 1. The third-order valence-corrected chi connectivity index (χ3v) is 5.74. The molecule has 0 spiro atoms. The van der Waals surface area contributed by atoms with Crippen LogP contribution in [0.15, 0.2) is 29.4 Å². The lowest BCUT2D eigenvalue weighted by Gasteiger charge is -2.16. The highest BCUT2D eigenvalue weighted by atomic mass is 32.2. The molecule has 1 unspecified atom stereocenters. The van der Waals surface area contributed by atoms with E-state index in [1.54, 1.807) is 21.7 Å². The lowest BCUT2D eigenvalue weighted by atomic mass is 10.1. The van der Waals surface area contributed by atoms with E-state index in [1.165, 1.54) is 11.8 Å². The van der Waals surface area contributed by atoms with E-state index in [-0.39, 0.29) is 23.5 Å². The minimum Gasteiger partial charge on any atom is -0.376 e. The summed E-state index contributed by atoms with van der Waals surface area (Å²) in [5.41, 5.74) is 1.38. The van der Waals surface area contributed by atoms with Crippen molar-refractivity contribution in [2.45, 2.75) is 43.5 Å². The molecule has 4 rings (SSSR count). The van der Waals surface area contributed by atoms with Crippen LogP contribution in [-0.2, 0) is 16.1 Å². The number of tetrazole rings is 1. The van der Waals surface area contributed by atoms with Gasteiger partial charge in [-0.2, -0.15) is 0 Å². The van der Waals surface area contributed by atoms with Crippen LogP contribution >= 0.6 is 11.8 Å². The minimum absolute atomic E-state index is 0.0137. The van der Waals surface area contributed by atoms with Crippen molar-refractivity contribution in [3.05, 3.63) is 29.8 Å². The summed E-state index contributed by atoms with van der Waals surface area (Å²) in [6, 6.07) is 7.26. The smallest absolute Gasteiger partial charge is 0.227 e.